The molecule has 0 radical (unpaired) electrons. The van der Waals surface area contributed by atoms with Gasteiger partial charge < -0.3 is 9.80 Å². The first-order valence-corrected chi connectivity index (χ1v) is 7.74. The van der Waals surface area contributed by atoms with Gasteiger partial charge in [-0.05, 0) is 30.5 Å². The molecule has 0 saturated carbocycles. The Bertz CT molecular complexity index is 688. The molecule has 1 fully saturated rings. The third-order valence-corrected chi connectivity index (χ3v) is 4.53. The number of hydrogen-bond acceptors (Lipinski definition) is 4. The van der Waals surface area contributed by atoms with Crippen molar-refractivity contribution >= 4 is 17.5 Å². The molecule has 1 aromatic heterocycles. The first-order valence-electron chi connectivity index (χ1n) is 7.74. The van der Waals surface area contributed by atoms with Crippen molar-refractivity contribution in [2.45, 2.75) is 12.8 Å². The van der Waals surface area contributed by atoms with Crippen LogP contribution in [0.1, 0.15) is 12.0 Å². The molecule has 1 unspecified atom stereocenters. The Morgan fingerprint density at radius 2 is 1.91 bits per heavy atom. The van der Waals surface area contributed by atoms with E-state index in [0.29, 0.717) is 6.54 Å². The van der Waals surface area contributed by atoms with Crippen LogP contribution in [0.4, 0.5) is 11.6 Å². The van der Waals surface area contributed by atoms with Crippen LogP contribution in [0, 0.1) is 5.92 Å². The summed E-state index contributed by atoms with van der Waals surface area (Å²) in [6, 6.07) is 10.0. The fraction of sp³-hybridized carbons (Fsp3) is 0.353. The summed E-state index contributed by atoms with van der Waals surface area (Å²) < 4.78 is 0. The van der Waals surface area contributed by atoms with Gasteiger partial charge in [-0.3, -0.25) is 4.79 Å². The van der Waals surface area contributed by atoms with E-state index in [1.165, 1.54) is 5.56 Å². The summed E-state index contributed by atoms with van der Waals surface area (Å²) in [6.45, 7) is 2.36. The summed E-state index contributed by atoms with van der Waals surface area (Å²) in [5, 5.41) is 0. The Morgan fingerprint density at radius 1 is 1.09 bits per heavy atom. The third-order valence-electron chi connectivity index (χ3n) is 4.53. The molecule has 0 N–H and O–H groups in total. The van der Waals surface area contributed by atoms with E-state index in [9.17, 15) is 4.79 Å². The van der Waals surface area contributed by atoms with Gasteiger partial charge in [0.2, 0.25) is 11.9 Å². The van der Waals surface area contributed by atoms with Crippen LogP contribution in [0.15, 0.2) is 42.7 Å². The summed E-state index contributed by atoms with van der Waals surface area (Å²) >= 11 is 0. The fourth-order valence-electron chi connectivity index (χ4n) is 3.39. The Hall–Kier alpha value is -2.43. The summed E-state index contributed by atoms with van der Waals surface area (Å²) in [6.07, 6.45) is 5.32. The molecule has 1 aromatic carbocycles. The lowest BCUT2D eigenvalue weighted by atomic mass is 10.1. The first-order chi connectivity index (χ1) is 10.8. The predicted molar refractivity (Wildman–Crippen MR) is 84.9 cm³/mol. The summed E-state index contributed by atoms with van der Waals surface area (Å²) in [7, 11) is 0. The summed E-state index contributed by atoms with van der Waals surface area (Å²) in [4.78, 5) is 25.5. The lowest BCUT2D eigenvalue weighted by Crippen LogP contribution is -2.36. The van der Waals surface area contributed by atoms with E-state index in [0.717, 1.165) is 37.6 Å². The van der Waals surface area contributed by atoms with Gasteiger partial charge in [-0.15, -0.1) is 0 Å². The number of hydrogen-bond donors (Lipinski definition) is 0. The second-order valence-corrected chi connectivity index (χ2v) is 5.85. The zero-order chi connectivity index (χ0) is 14.9. The lowest BCUT2D eigenvalue weighted by molar-refractivity contribution is -0.121. The average molecular weight is 294 g/mol. The molecular formula is C17H18N4O. The molecule has 1 amide bonds. The number of rotatable bonds is 2. The molecule has 0 bridgehead atoms. The number of fused-ring (bicyclic) bond motifs is 1. The maximum absolute atomic E-state index is 12.8. The molecule has 4 rings (SSSR count). The van der Waals surface area contributed by atoms with E-state index in [1.807, 2.05) is 29.2 Å². The van der Waals surface area contributed by atoms with Crippen LogP contribution < -0.4 is 9.80 Å². The second-order valence-electron chi connectivity index (χ2n) is 5.85. The van der Waals surface area contributed by atoms with Crippen LogP contribution in [-0.2, 0) is 11.2 Å². The van der Waals surface area contributed by atoms with E-state index in [2.05, 4.69) is 20.9 Å². The molecule has 1 atom stereocenters. The van der Waals surface area contributed by atoms with Crippen molar-refractivity contribution in [3.8, 4) is 0 Å². The minimum atomic E-state index is 0.0370. The Kier molecular flexibility index (Phi) is 3.25. The molecular weight excluding hydrogens is 276 g/mol. The van der Waals surface area contributed by atoms with Gasteiger partial charge in [0.15, 0.2) is 0 Å². The van der Waals surface area contributed by atoms with Crippen LogP contribution in [-0.4, -0.2) is 35.5 Å². The maximum Gasteiger partial charge on any atom is 0.231 e. The number of para-hydroxylation sites is 1. The van der Waals surface area contributed by atoms with Crippen molar-refractivity contribution in [2.75, 3.05) is 29.4 Å². The molecule has 5 heteroatoms. The van der Waals surface area contributed by atoms with E-state index >= 15 is 0 Å². The van der Waals surface area contributed by atoms with Gasteiger partial charge in [0, 0.05) is 37.7 Å². The van der Waals surface area contributed by atoms with Crippen molar-refractivity contribution in [3.05, 3.63) is 48.3 Å². The number of anilines is 2. The maximum atomic E-state index is 12.8. The monoisotopic (exact) mass is 294 g/mol. The third kappa shape index (κ3) is 2.22. The average Bonchev–Trinajstić information content (AvgIpc) is 3.22. The van der Waals surface area contributed by atoms with Crippen molar-refractivity contribution in [1.29, 1.82) is 0 Å². The topological polar surface area (TPSA) is 49.3 Å². The predicted octanol–water partition coefficient (Wildman–Crippen LogP) is 1.89. The normalized spacial score (nSPS) is 20.3. The number of amides is 1. The van der Waals surface area contributed by atoms with Gasteiger partial charge in [-0.2, -0.15) is 0 Å². The van der Waals surface area contributed by atoms with E-state index in [4.69, 9.17) is 0 Å². The minimum absolute atomic E-state index is 0.0370. The fourth-order valence-corrected chi connectivity index (χ4v) is 3.39. The zero-order valence-corrected chi connectivity index (χ0v) is 12.4. The number of aromatic nitrogens is 2. The van der Waals surface area contributed by atoms with Crippen molar-refractivity contribution in [2.24, 2.45) is 5.92 Å². The molecule has 2 aliphatic rings. The molecule has 3 heterocycles. The molecule has 22 heavy (non-hydrogen) atoms. The van der Waals surface area contributed by atoms with Gasteiger partial charge in [-0.25, -0.2) is 9.97 Å². The van der Waals surface area contributed by atoms with Crippen molar-refractivity contribution in [1.82, 2.24) is 9.97 Å². The Morgan fingerprint density at radius 3 is 2.77 bits per heavy atom. The van der Waals surface area contributed by atoms with Gasteiger partial charge in [-0.1, -0.05) is 18.2 Å². The second kappa shape index (κ2) is 5.40. The van der Waals surface area contributed by atoms with E-state index < -0.39 is 0 Å². The molecule has 1 saturated heterocycles. The molecule has 2 aromatic rings. The van der Waals surface area contributed by atoms with E-state index in [-0.39, 0.29) is 11.8 Å². The quantitative estimate of drug-likeness (QED) is 0.849. The van der Waals surface area contributed by atoms with Crippen LogP contribution in [0.5, 0.6) is 0 Å². The van der Waals surface area contributed by atoms with Crippen molar-refractivity contribution < 1.29 is 4.79 Å². The smallest absolute Gasteiger partial charge is 0.231 e. The number of benzene rings is 1. The highest BCUT2D eigenvalue weighted by molar-refractivity contribution is 5.97. The Balaban J connectivity index is 1.49. The molecule has 2 aliphatic heterocycles. The lowest BCUT2D eigenvalue weighted by Gasteiger charge is -2.21. The largest absolute Gasteiger partial charge is 0.340 e. The highest BCUT2D eigenvalue weighted by Gasteiger charge is 2.35. The van der Waals surface area contributed by atoms with Crippen LogP contribution in [0.2, 0.25) is 0 Å². The first kappa shape index (κ1) is 13.2. The minimum Gasteiger partial charge on any atom is -0.340 e. The van der Waals surface area contributed by atoms with Crippen LogP contribution >= 0.6 is 0 Å². The summed E-state index contributed by atoms with van der Waals surface area (Å²) in [5.74, 6) is 0.998. The van der Waals surface area contributed by atoms with Gasteiger partial charge >= 0.3 is 0 Å². The van der Waals surface area contributed by atoms with Crippen LogP contribution in [0.25, 0.3) is 0 Å². The highest BCUT2D eigenvalue weighted by atomic mass is 16.2. The van der Waals surface area contributed by atoms with Gasteiger partial charge in [0.25, 0.3) is 0 Å². The standard InChI is InChI=1S/C17H18N4O/c22-16(21-11-7-13-4-1-2-5-15(13)21)14-6-10-20(12-14)17-18-8-3-9-19-17/h1-5,8-9,14H,6-7,10-12H2. The van der Waals surface area contributed by atoms with E-state index in [1.54, 1.807) is 12.4 Å². The summed E-state index contributed by atoms with van der Waals surface area (Å²) in [5.41, 5.74) is 2.36. The van der Waals surface area contributed by atoms with Gasteiger partial charge in [0.05, 0.1) is 5.92 Å². The molecule has 112 valence electrons. The van der Waals surface area contributed by atoms with Crippen molar-refractivity contribution in [3.63, 3.8) is 0 Å². The van der Waals surface area contributed by atoms with Gasteiger partial charge in [0.1, 0.15) is 0 Å². The number of nitrogens with zero attached hydrogens (tertiary/aromatic N) is 4. The number of carbonyl (C=O) groups excluding carboxylic acids is 1. The Labute approximate surface area is 129 Å². The SMILES string of the molecule is O=C(C1CCN(c2ncccn2)C1)N1CCc2ccccc21. The molecule has 0 spiro atoms. The number of carbonyl (C=O) groups is 1. The molecule has 0 aliphatic carbocycles. The molecule has 5 nitrogen and oxygen atoms in total. The van der Waals surface area contributed by atoms with Crippen LogP contribution in [0.3, 0.4) is 0 Å². The zero-order valence-electron chi connectivity index (χ0n) is 12.4. The highest BCUT2D eigenvalue weighted by Crippen LogP contribution is 2.31.